The second kappa shape index (κ2) is 17.4. The van der Waals surface area contributed by atoms with Crippen LogP contribution in [0.3, 0.4) is 0 Å². The van der Waals surface area contributed by atoms with Gasteiger partial charge < -0.3 is 14.6 Å². The molecule has 8 heteroatoms. The van der Waals surface area contributed by atoms with E-state index >= 15 is 0 Å². The van der Waals surface area contributed by atoms with Crippen LogP contribution in [-0.2, 0) is 23.9 Å². The van der Waals surface area contributed by atoms with Gasteiger partial charge in [-0.15, -0.1) is 0 Å². The van der Waals surface area contributed by atoms with Crippen LogP contribution in [0, 0.1) is 0 Å². The van der Waals surface area contributed by atoms with Crippen LogP contribution in [0.25, 0.3) is 0 Å². The summed E-state index contributed by atoms with van der Waals surface area (Å²) in [5.74, 6) is -3.87. The molecule has 0 aromatic rings. The fourth-order valence-corrected chi connectivity index (χ4v) is 2.31. The Hall–Kier alpha value is -1.70. The second-order valence-corrected chi connectivity index (χ2v) is 5.69. The summed E-state index contributed by atoms with van der Waals surface area (Å²) in [5.41, 5.74) is 0. The third-order valence-electron chi connectivity index (χ3n) is 3.54. The van der Waals surface area contributed by atoms with E-state index in [0.717, 1.165) is 19.1 Å². The minimum Gasteiger partial charge on any atom is -0.550 e. The van der Waals surface area contributed by atoms with E-state index in [1.54, 1.807) is 12.2 Å². The molecular weight excluding hydrogens is 373 g/mol. The topological polar surface area (TPSA) is 104 Å². The number of carbonyl (C=O) groups is 4. The van der Waals surface area contributed by atoms with Crippen molar-refractivity contribution in [3.63, 3.8) is 0 Å². The fraction of sp³-hybridized carbons (Fsp3) is 0.500. The number of carbonyl (C=O) groups excluding carboxylic acids is 4. The molecule has 0 heterocycles. The molecule has 0 N–H and O–H groups in total. The average molecular weight is 401 g/mol. The van der Waals surface area contributed by atoms with Gasteiger partial charge in [0.15, 0.2) is 0 Å². The van der Waals surface area contributed by atoms with E-state index in [9.17, 15) is 24.3 Å². The third-order valence-corrected chi connectivity index (χ3v) is 3.54. The van der Waals surface area contributed by atoms with Gasteiger partial charge in [-0.05, 0) is 25.7 Å². The molecule has 7 nitrogen and oxygen atoms in total. The average Bonchev–Trinajstić information content (AvgIpc) is 2.61. The third kappa shape index (κ3) is 11.9. The molecule has 0 fully saturated rings. The molecule has 0 saturated carbocycles. The zero-order valence-electron chi connectivity index (χ0n) is 17.0. The summed E-state index contributed by atoms with van der Waals surface area (Å²) in [7, 11) is 0. The summed E-state index contributed by atoms with van der Waals surface area (Å²) in [6, 6.07) is -1.58. The minimum absolute atomic E-state index is 0. The standard InChI is InChI=1S/C20H29NO6.Na/c1-4-7-9-11-13-17(22)21(18(23)14-12-10-8-5-2)16(15-19(24)25)20(26)27-6-3;/h6-10,16H,3-5,11-15H2,1-2H3,(H,24,25);/q;+1/p-1/b9-7+,10-8+;. The minimum atomic E-state index is -1.58. The van der Waals surface area contributed by atoms with Crippen molar-refractivity contribution >= 4 is 23.8 Å². The fourth-order valence-electron chi connectivity index (χ4n) is 2.31. The summed E-state index contributed by atoms with van der Waals surface area (Å²) in [5, 5.41) is 11.1. The molecule has 0 aliphatic heterocycles. The number of carboxylic acids is 1. The Labute approximate surface area is 188 Å². The number of aliphatic carboxylic acids is 1. The van der Waals surface area contributed by atoms with Gasteiger partial charge >= 0.3 is 35.5 Å². The SMILES string of the molecule is C=COC(=O)C(CC(=O)[O-])N(C(=O)CC/C=C/CC)C(=O)CC/C=C/CC.[Na+]. The summed E-state index contributed by atoms with van der Waals surface area (Å²) < 4.78 is 4.63. The molecule has 1 unspecified atom stereocenters. The van der Waals surface area contributed by atoms with Crippen molar-refractivity contribution in [2.75, 3.05) is 0 Å². The Kier molecular flexibility index (Phi) is 17.7. The largest absolute Gasteiger partial charge is 1.00 e. The van der Waals surface area contributed by atoms with E-state index in [4.69, 9.17) is 0 Å². The van der Waals surface area contributed by atoms with Crippen molar-refractivity contribution in [2.24, 2.45) is 0 Å². The van der Waals surface area contributed by atoms with Gasteiger partial charge in [0.25, 0.3) is 0 Å². The van der Waals surface area contributed by atoms with Crippen molar-refractivity contribution in [2.45, 2.75) is 64.8 Å². The summed E-state index contributed by atoms with van der Waals surface area (Å²) >= 11 is 0. The molecule has 0 saturated heterocycles. The molecule has 0 aromatic heterocycles. The first-order valence-corrected chi connectivity index (χ1v) is 9.05. The Bertz CT molecular complexity index is 555. The molecule has 0 aliphatic carbocycles. The maximum absolute atomic E-state index is 12.6. The summed E-state index contributed by atoms with van der Waals surface area (Å²) in [6.45, 7) is 7.13. The normalized spacial score (nSPS) is 11.6. The van der Waals surface area contributed by atoms with E-state index in [2.05, 4.69) is 11.3 Å². The molecule has 0 aliphatic rings. The first-order chi connectivity index (χ1) is 12.9. The van der Waals surface area contributed by atoms with Crippen LogP contribution in [0.4, 0.5) is 0 Å². The van der Waals surface area contributed by atoms with Crippen LogP contribution in [0.15, 0.2) is 37.1 Å². The molecule has 0 aromatic carbocycles. The number of hydrogen-bond donors (Lipinski definition) is 0. The van der Waals surface area contributed by atoms with Gasteiger partial charge in [0.05, 0.1) is 6.26 Å². The van der Waals surface area contributed by atoms with Crippen LogP contribution in [0.5, 0.6) is 0 Å². The number of amides is 2. The van der Waals surface area contributed by atoms with Crippen LogP contribution in [-0.4, -0.2) is 34.7 Å². The van der Waals surface area contributed by atoms with E-state index in [0.29, 0.717) is 17.7 Å². The van der Waals surface area contributed by atoms with Crippen LogP contribution >= 0.6 is 0 Å². The van der Waals surface area contributed by atoms with Crippen LogP contribution in [0.2, 0.25) is 0 Å². The van der Waals surface area contributed by atoms with E-state index < -0.39 is 36.2 Å². The molecule has 0 spiro atoms. The maximum atomic E-state index is 12.6. The van der Waals surface area contributed by atoms with Gasteiger partial charge in [0.1, 0.15) is 6.04 Å². The number of allylic oxidation sites excluding steroid dienone is 4. The number of nitrogens with zero attached hydrogens (tertiary/aromatic N) is 1. The summed E-state index contributed by atoms with van der Waals surface area (Å²) in [6.07, 6.45) is 9.63. The van der Waals surface area contributed by atoms with Crippen LogP contribution in [0.1, 0.15) is 58.8 Å². The predicted octanol–water partition coefficient (Wildman–Crippen LogP) is -0.966. The van der Waals surface area contributed by atoms with Crippen molar-refractivity contribution < 1.29 is 58.6 Å². The Morgan fingerprint density at radius 2 is 1.43 bits per heavy atom. The van der Waals surface area contributed by atoms with Gasteiger partial charge in [0.2, 0.25) is 11.8 Å². The molecule has 0 radical (unpaired) electrons. The van der Waals surface area contributed by atoms with Crippen molar-refractivity contribution in [3.05, 3.63) is 37.1 Å². The molecule has 0 rings (SSSR count). The Morgan fingerprint density at radius 3 is 1.79 bits per heavy atom. The second-order valence-electron chi connectivity index (χ2n) is 5.69. The molecular formula is C20H28NNaO6. The van der Waals surface area contributed by atoms with Crippen LogP contribution < -0.4 is 34.7 Å². The first kappa shape index (κ1) is 28.5. The number of esters is 1. The molecule has 1 atom stereocenters. The van der Waals surface area contributed by atoms with E-state index in [-0.39, 0.29) is 42.4 Å². The van der Waals surface area contributed by atoms with Gasteiger partial charge in [0, 0.05) is 25.2 Å². The molecule has 0 bridgehead atoms. The van der Waals surface area contributed by atoms with Gasteiger partial charge in [-0.2, -0.15) is 0 Å². The number of imide groups is 1. The van der Waals surface area contributed by atoms with Gasteiger partial charge in [-0.1, -0.05) is 44.7 Å². The quantitative estimate of drug-likeness (QED) is 0.170. The number of carboxylic acid groups (broad SMARTS) is 1. The summed E-state index contributed by atoms with van der Waals surface area (Å²) in [4.78, 5) is 49.0. The number of rotatable bonds is 13. The maximum Gasteiger partial charge on any atom is 1.00 e. The van der Waals surface area contributed by atoms with E-state index in [1.165, 1.54) is 0 Å². The van der Waals surface area contributed by atoms with Crippen molar-refractivity contribution in [1.82, 2.24) is 4.90 Å². The Morgan fingerprint density at radius 1 is 0.964 bits per heavy atom. The zero-order valence-corrected chi connectivity index (χ0v) is 19.0. The number of ether oxygens (including phenoxy) is 1. The van der Waals surface area contributed by atoms with E-state index in [1.807, 2.05) is 26.0 Å². The predicted molar refractivity (Wildman–Crippen MR) is 98.9 cm³/mol. The van der Waals surface area contributed by atoms with Gasteiger partial charge in [-0.3, -0.25) is 14.5 Å². The van der Waals surface area contributed by atoms with Crippen molar-refractivity contribution in [3.8, 4) is 0 Å². The van der Waals surface area contributed by atoms with Gasteiger partial charge in [-0.25, -0.2) is 4.79 Å². The monoisotopic (exact) mass is 401 g/mol. The first-order valence-electron chi connectivity index (χ1n) is 9.05. The van der Waals surface area contributed by atoms with Crippen molar-refractivity contribution in [1.29, 1.82) is 0 Å². The molecule has 2 amide bonds. The zero-order chi connectivity index (χ0) is 20.7. The smallest absolute Gasteiger partial charge is 0.550 e. The Balaban J connectivity index is 0. The molecule has 28 heavy (non-hydrogen) atoms. The molecule has 150 valence electrons. The number of hydrogen-bond acceptors (Lipinski definition) is 6.